The molecule has 19 heavy (non-hydrogen) atoms. The highest BCUT2D eigenvalue weighted by Gasteiger charge is 2.33. The first kappa shape index (κ1) is 15.8. The number of carboxylic acid groups (broad SMARTS) is 1. The zero-order valence-electron chi connectivity index (χ0n) is 11.8. The van der Waals surface area contributed by atoms with Crippen molar-refractivity contribution < 1.29 is 19.4 Å². The van der Waals surface area contributed by atoms with E-state index in [0.29, 0.717) is 12.8 Å². The second kappa shape index (κ2) is 6.23. The first-order valence-corrected chi connectivity index (χ1v) is 6.67. The van der Waals surface area contributed by atoms with Crippen molar-refractivity contribution in [2.45, 2.75) is 64.1 Å². The second-order valence-electron chi connectivity index (χ2n) is 6.14. The van der Waals surface area contributed by atoms with Crippen molar-refractivity contribution in [1.82, 2.24) is 5.32 Å². The fourth-order valence-corrected chi connectivity index (χ4v) is 2.29. The van der Waals surface area contributed by atoms with Crippen molar-refractivity contribution in [1.29, 1.82) is 0 Å². The van der Waals surface area contributed by atoms with Crippen LogP contribution in [0, 0.1) is 5.92 Å². The molecule has 0 bridgehead atoms. The Labute approximate surface area is 113 Å². The van der Waals surface area contributed by atoms with Gasteiger partial charge in [0.1, 0.15) is 11.6 Å². The van der Waals surface area contributed by atoms with Gasteiger partial charge in [0, 0.05) is 6.04 Å². The highest BCUT2D eigenvalue weighted by Crippen LogP contribution is 2.26. The smallest absolute Gasteiger partial charge is 0.408 e. The van der Waals surface area contributed by atoms with E-state index in [9.17, 15) is 14.7 Å². The van der Waals surface area contributed by atoms with E-state index in [-0.39, 0.29) is 12.0 Å². The lowest BCUT2D eigenvalue weighted by Crippen LogP contribution is -2.49. The van der Waals surface area contributed by atoms with Crippen LogP contribution >= 0.6 is 0 Å². The first-order chi connectivity index (χ1) is 8.69. The monoisotopic (exact) mass is 272 g/mol. The van der Waals surface area contributed by atoms with Gasteiger partial charge in [0.25, 0.3) is 0 Å². The number of rotatable bonds is 3. The van der Waals surface area contributed by atoms with Crippen LogP contribution in [0.5, 0.6) is 0 Å². The lowest BCUT2D eigenvalue weighted by molar-refractivity contribution is -0.141. The van der Waals surface area contributed by atoms with E-state index >= 15 is 0 Å². The molecule has 0 spiro atoms. The Kier molecular flexibility index (Phi) is 5.17. The summed E-state index contributed by atoms with van der Waals surface area (Å²) in [6, 6.07) is -0.755. The minimum absolute atomic E-state index is 0.0789. The summed E-state index contributed by atoms with van der Waals surface area (Å²) in [6.45, 7) is 5.21. The van der Waals surface area contributed by atoms with Gasteiger partial charge in [0.2, 0.25) is 0 Å². The molecule has 0 saturated heterocycles. The van der Waals surface area contributed by atoms with Crippen molar-refractivity contribution in [3.05, 3.63) is 0 Å². The maximum absolute atomic E-state index is 11.7. The van der Waals surface area contributed by atoms with Gasteiger partial charge in [-0.25, -0.2) is 9.59 Å². The van der Waals surface area contributed by atoms with Crippen molar-refractivity contribution in [3.8, 4) is 0 Å². The van der Waals surface area contributed by atoms with Crippen LogP contribution in [-0.4, -0.2) is 34.9 Å². The van der Waals surface area contributed by atoms with Gasteiger partial charge in [-0.1, -0.05) is 0 Å². The maximum Gasteiger partial charge on any atom is 0.408 e. The summed E-state index contributed by atoms with van der Waals surface area (Å²) in [5.74, 6) is -1.10. The van der Waals surface area contributed by atoms with E-state index in [1.165, 1.54) is 0 Å². The summed E-state index contributed by atoms with van der Waals surface area (Å²) in [5, 5.41) is 11.7. The quantitative estimate of drug-likeness (QED) is 0.722. The van der Waals surface area contributed by atoms with Gasteiger partial charge >= 0.3 is 12.1 Å². The van der Waals surface area contributed by atoms with Crippen LogP contribution in [0.15, 0.2) is 0 Å². The van der Waals surface area contributed by atoms with E-state index in [4.69, 9.17) is 10.5 Å². The topological polar surface area (TPSA) is 102 Å². The van der Waals surface area contributed by atoms with Crippen molar-refractivity contribution in [2.24, 2.45) is 11.7 Å². The average Bonchev–Trinajstić information content (AvgIpc) is 2.24. The standard InChI is InChI=1S/C13H24N2O4/c1-13(2,3)19-12(18)15-10(11(16)17)8-4-6-9(14)7-5-8/h8-10H,4-7,14H2,1-3H3,(H,15,18)(H,16,17)/t8-,9-,10-/m0/s1. The number of carbonyl (C=O) groups excluding carboxylic acids is 1. The Morgan fingerprint density at radius 1 is 1.26 bits per heavy atom. The Hall–Kier alpha value is -1.30. The molecule has 1 atom stereocenters. The molecule has 1 rings (SSSR count). The van der Waals surface area contributed by atoms with Gasteiger partial charge in [-0.2, -0.15) is 0 Å². The third-order valence-electron chi connectivity index (χ3n) is 3.23. The van der Waals surface area contributed by atoms with E-state index in [1.54, 1.807) is 20.8 Å². The van der Waals surface area contributed by atoms with Gasteiger partial charge < -0.3 is 20.9 Å². The number of nitrogens with two attached hydrogens (primary N) is 1. The molecule has 1 fully saturated rings. The zero-order chi connectivity index (χ0) is 14.6. The number of hydrogen-bond acceptors (Lipinski definition) is 4. The largest absolute Gasteiger partial charge is 0.480 e. The van der Waals surface area contributed by atoms with Crippen molar-refractivity contribution in [2.75, 3.05) is 0 Å². The number of carboxylic acids is 1. The molecule has 110 valence electrons. The lowest BCUT2D eigenvalue weighted by Gasteiger charge is -2.31. The number of hydrogen-bond donors (Lipinski definition) is 3. The molecule has 4 N–H and O–H groups in total. The average molecular weight is 272 g/mol. The van der Waals surface area contributed by atoms with Crippen LogP contribution in [0.1, 0.15) is 46.5 Å². The molecule has 0 aromatic rings. The minimum atomic E-state index is -1.02. The van der Waals surface area contributed by atoms with Crippen molar-refractivity contribution >= 4 is 12.1 Å². The number of nitrogens with one attached hydrogen (secondary N) is 1. The molecule has 0 radical (unpaired) electrons. The van der Waals surface area contributed by atoms with E-state index < -0.39 is 23.7 Å². The normalized spacial score (nSPS) is 25.5. The molecular formula is C13H24N2O4. The van der Waals surface area contributed by atoms with Crippen LogP contribution in [0.2, 0.25) is 0 Å². The van der Waals surface area contributed by atoms with Gasteiger partial charge in [-0.3, -0.25) is 0 Å². The molecule has 1 aliphatic rings. The van der Waals surface area contributed by atoms with Crippen LogP contribution < -0.4 is 11.1 Å². The summed E-state index contributed by atoms with van der Waals surface area (Å²) < 4.78 is 5.09. The molecule has 0 aromatic carbocycles. The summed E-state index contributed by atoms with van der Waals surface area (Å²) >= 11 is 0. The summed E-state index contributed by atoms with van der Waals surface area (Å²) in [7, 11) is 0. The van der Waals surface area contributed by atoms with Gasteiger partial charge in [0.15, 0.2) is 0 Å². The SMILES string of the molecule is CC(C)(C)OC(=O)N[C@H](C(=O)O)[C@H]1CC[C@H](N)CC1. The number of alkyl carbamates (subject to hydrolysis) is 1. The van der Waals surface area contributed by atoms with Crippen LogP contribution in [0.3, 0.4) is 0 Å². The van der Waals surface area contributed by atoms with E-state index in [2.05, 4.69) is 5.32 Å². The Balaban J connectivity index is 2.58. The van der Waals surface area contributed by atoms with Crippen LogP contribution in [-0.2, 0) is 9.53 Å². The molecule has 1 amide bonds. The zero-order valence-corrected chi connectivity index (χ0v) is 11.8. The molecule has 0 unspecified atom stereocenters. The molecule has 6 heteroatoms. The molecule has 0 heterocycles. The molecular weight excluding hydrogens is 248 g/mol. The maximum atomic E-state index is 11.7. The van der Waals surface area contributed by atoms with Crippen molar-refractivity contribution in [3.63, 3.8) is 0 Å². The number of aliphatic carboxylic acids is 1. The highest BCUT2D eigenvalue weighted by atomic mass is 16.6. The molecule has 0 aromatic heterocycles. The predicted octanol–water partition coefficient (Wildman–Crippen LogP) is 1.48. The second-order valence-corrected chi connectivity index (χ2v) is 6.14. The summed E-state index contributed by atoms with van der Waals surface area (Å²) in [5.41, 5.74) is 5.16. The van der Waals surface area contributed by atoms with E-state index in [0.717, 1.165) is 12.8 Å². The predicted molar refractivity (Wildman–Crippen MR) is 70.7 cm³/mol. The number of carbonyl (C=O) groups is 2. The molecule has 0 aliphatic heterocycles. The molecule has 1 saturated carbocycles. The lowest BCUT2D eigenvalue weighted by atomic mass is 9.82. The minimum Gasteiger partial charge on any atom is -0.480 e. The van der Waals surface area contributed by atoms with Gasteiger partial charge in [0.05, 0.1) is 0 Å². The van der Waals surface area contributed by atoms with E-state index in [1.807, 2.05) is 0 Å². The third kappa shape index (κ3) is 5.46. The van der Waals surface area contributed by atoms with Gasteiger partial charge in [-0.15, -0.1) is 0 Å². The Bertz CT molecular complexity index is 330. The molecule has 6 nitrogen and oxygen atoms in total. The first-order valence-electron chi connectivity index (χ1n) is 6.67. The fraction of sp³-hybridized carbons (Fsp3) is 0.846. The Morgan fingerprint density at radius 2 is 1.79 bits per heavy atom. The summed E-state index contributed by atoms with van der Waals surface area (Å²) in [6.07, 6.45) is 2.34. The summed E-state index contributed by atoms with van der Waals surface area (Å²) in [4.78, 5) is 22.9. The number of amides is 1. The third-order valence-corrected chi connectivity index (χ3v) is 3.23. The fourth-order valence-electron chi connectivity index (χ4n) is 2.29. The highest BCUT2D eigenvalue weighted by molar-refractivity contribution is 5.80. The van der Waals surface area contributed by atoms with Crippen LogP contribution in [0.25, 0.3) is 0 Å². The Morgan fingerprint density at radius 3 is 2.21 bits per heavy atom. The number of ether oxygens (including phenoxy) is 1. The van der Waals surface area contributed by atoms with Gasteiger partial charge in [-0.05, 0) is 52.4 Å². The molecule has 1 aliphatic carbocycles. The van der Waals surface area contributed by atoms with Crippen LogP contribution in [0.4, 0.5) is 4.79 Å².